The highest BCUT2D eigenvalue weighted by Gasteiger charge is 2.47. The Kier molecular flexibility index (Phi) is 2.58. The van der Waals surface area contributed by atoms with Gasteiger partial charge in [-0.25, -0.2) is 14.7 Å². The molecule has 4 aliphatic heterocycles. The van der Waals surface area contributed by atoms with E-state index in [4.69, 9.17) is 6.42 Å². The zero-order valence-electron chi connectivity index (χ0n) is 8.22. The van der Waals surface area contributed by atoms with Gasteiger partial charge in [0.2, 0.25) is 0 Å². The molecule has 4 aliphatic rings. The Balaban J connectivity index is 0.000000750. The highest BCUT2D eigenvalue weighted by molar-refractivity contribution is 8.93. The fraction of sp³-hybridized carbons (Fsp3) is 0.778. The molecule has 0 radical (unpaired) electrons. The van der Waals surface area contributed by atoms with Crippen LogP contribution in [0.4, 0.5) is 0 Å². The van der Waals surface area contributed by atoms with Gasteiger partial charge in [-0.15, -0.1) is 23.4 Å². The third-order valence-corrected chi connectivity index (χ3v) is 3.13. The van der Waals surface area contributed by atoms with Crippen molar-refractivity contribution in [2.24, 2.45) is 0 Å². The number of terminal acetylenes is 1. The first-order valence-corrected chi connectivity index (χ1v) is 4.75. The molecule has 0 aromatic rings. The third-order valence-electron chi connectivity index (χ3n) is 3.13. The van der Waals surface area contributed by atoms with Gasteiger partial charge in [0.1, 0.15) is 26.6 Å². The number of nitrogens with zero attached hydrogens (tertiary/aromatic N) is 4. The highest BCUT2D eigenvalue weighted by Crippen LogP contribution is 2.27. The van der Waals surface area contributed by atoms with Gasteiger partial charge in [0.25, 0.3) is 0 Å². The van der Waals surface area contributed by atoms with Crippen molar-refractivity contribution in [1.82, 2.24) is 14.7 Å². The molecule has 5 heteroatoms. The molecular formula is C9H16BrN4+. The van der Waals surface area contributed by atoms with Crippen LogP contribution in [0.15, 0.2) is 0 Å². The van der Waals surface area contributed by atoms with E-state index < -0.39 is 0 Å². The zero-order valence-corrected chi connectivity index (χ0v) is 9.94. The summed E-state index contributed by atoms with van der Waals surface area (Å²) in [5, 5.41) is 0. The second-order valence-electron chi connectivity index (χ2n) is 4.56. The molecule has 14 heavy (non-hydrogen) atoms. The van der Waals surface area contributed by atoms with Gasteiger partial charge in [-0.05, 0) is 5.92 Å². The van der Waals surface area contributed by atoms with E-state index in [0.717, 1.165) is 51.0 Å². The fourth-order valence-corrected chi connectivity index (χ4v) is 3.00. The van der Waals surface area contributed by atoms with Crippen molar-refractivity contribution in [2.75, 3.05) is 46.6 Å². The third kappa shape index (κ3) is 1.47. The van der Waals surface area contributed by atoms with Crippen molar-refractivity contribution in [2.45, 2.75) is 0 Å². The van der Waals surface area contributed by atoms with E-state index in [1.807, 2.05) is 0 Å². The van der Waals surface area contributed by atoms with Crippen molar-refractivity contribution in [3.05, 3.63) is 0 Å². The summed E-state index contributed by atoms with van der Waals surface area (Å²) in [6.45, 7) is 7.75. The summed E-state index contributed by atoms with van der Waals surface area (Å²) < 4.78 is 1.07. The monoisotopic (exact) mass is 259 g/mol. The van der Waals surface area contributed by atoms with Crippen LogP contribution < -0.4 is 0 Å². The number of halogens is 1. The number of hydrogen-bond acceptors (Lipinski definition) is 3. The molecule has 4 rings (SSSR count). The van der Waals surface area contributed by atoms with Gasteiger partial charge in [-0.3, -0.25) is 4.48 Å². The molecule has 0 amide bonds. The molecule has 0 N–H and O–H groups in total. The van der Waals surface area contributed by atoms with E-state index in [2.05, 4.69) is 20.6 Å². The summed E-state index contributed by atoms with van der Waals surface area (Å²) in [5.74, 6) is 2.82. The van der Waals surface area contributed by atoms with Gasteiger partial charge >= 0.3 is 0 Å². The van der Waals surface area contributed by atoms with Crippen LogP contribution in [0.3, 0.4) is 0 Å². The molecule has 0 aromatic heterocycles. The van der Waals surface area contributed by atoms with Gasteiger partial charge in [0, 0.05) is 0 Å². The number of quaternary nitrogens is 1. The smallest absolute Gasteiger partial charge is 0.143 e. The molecule has 0 aliphatic carbocycles. The van der Waals surface area contributed by atoms with E-state index >= 15 is 0 Å². The topological polar surface area (TPSA) is 9.72 Å². The Hall–Kier alpha value is -0.120. The fourth-order valence-electron chi connectivity index (χ4n) is 3.00. The molecule has 0 spiro atoms. The number of hydrogen-bond donors (Lipinski definition) is 0. The van der Waals surface area contributed by atoms with Crippen molar-refractivity contribution < 1.29 is 4.48 Å². The average molecular weight is 260 g/mol. The molecule has 4 nitrogen and oxygen atoms in total. The molecule has 0 unspecified atom stereocenters. The van der Waals surface area contributed by atoms with Crippen molar-refractivity contribution in [3.63, 3.8) is 0 Å². The minimum atomic E-state index is 0. The van der Waals surface area contributed by atoms with Crippen LogP contribution in [0.1, 0.15) is 0 Å². The van der Waals surface area contributed by atoms with Crippen LogP contribution in [-0.4, -0.2) is 65.7 Å². The van der Waals surface area contributed by atoms with Gasteiger partial charge in [0.05, 0.1) is 20.0 Å². The Morgan fingerprint density at radius 3 is 1.79 bits per heavy atom. The summed E-state index contributed by atoms with van der Waals surface area (Å²) in [7, 11) is 0. The second-order valence-corrected chi connectivity index (χ2v) is 4.56. The van der Waals surface area contributed by atoms with Crippen molar-refractivity contribution in [1.29, 1.82) is 0 Å². The maximum atomic E-state index is 5.43. The molecule has 0 atom stereocenters. The van der Waals surface area contributed by atoms with Crippen LogP contribution in [0.2, 0.25) is 0 Å². The Bertz CT molecular complexity index is 237. The van der Waals surface area contributed by atoms with E-state index in [9.17, 15) is 0 Å². The predicted octanol–water partition coefficient (Wildman–Crippen LogP) is -0.294. The SMILES string of the molecule is Br.C#CC[N+]12CN3CN(CN(C3)C1)C2. The molecule has 4 bridgehead atoms. The number of rotatable bonds is 1. The van der Waals surface area contributed by atoms with Crippen LogP contribution >= 0.6 is 17.0 Å². The van der Waals surface area contributed by atoms with Crippen LogP contribution in [0, 0.1) is 12.3 Å². The molecule has 0 saturated carbocycles. The minimum Gasteiger partial charge on any atom is -0.276 e. The maximum Gasteiger partial charge on any atom is 0.143 e. The van der Waals surface area contributed by atoms with E-state index in [1.165, 1.54) is 0 Å². The maximum absolute atomic E-state index is 5.43. The quantitative estimate of drug-likeness (QED) is 0.474. The van der Waals surface area contributed by atoms with Crippen molar-refractivity contribution in [3.8, 4) is 12.3 Å². The first-order chi connectivity index (χ1) is 6.30. The largest absolute Gasteiger partial charge is 0.276 e. The van der Waals surface area contributed by atoms with Crippen LogP contribution in [-0.2, 0) is 0 Å². The van der Waals surface area contributed by atoms with Crippen LogP contribution in [0.25, 0.3) is 0 Å². The molecule has 78 valence electrons. The second kappa shape index (κ2) is 3.47. The summed E-state index contributed by atoms with van der Waals surface area (Å²) in [6.07, 6.45) is 5.43. The standard InChI is InChI=1S/C9H15N4.BrH/c1-2-3-13-7-10-4-11(8-13)6-12(5-10)9-13;/h1H,3-9H2;1H/q+1;. The Morgan fingerprint density at radius 1 is 1.00 bits per heavy atom. The summed E-state index contributed by atoms with van der Waals surface area (Å²) in [5.41, 5.74) is 0. The predicted molar refractivity (Wildman–Crippen MR) is 59.0 cm³/mol. The molecule has 4 heterocycles. The summed E-state index contributed by atoms with van der Waals surface area (Å²) in [4.78, 5) is 7.44. The summed E-state index contributed by atoms with van der Waals surface area (Å²) >= 11 is 0. The summed E-state index contributed by atoms with van der Waals surface area (Å²) in [6, 6.07) is 0. The lowest BCUT2D eigenvalue weighted by Crippen LogP contribution is -2.79. The van der Waals surface area contributed by atoms with Gasteiger partial charge < -0.3 is 0 Å². The van der Waals surface area contributed by atoms with Crippen molar-refractivity contribution >= 4 is 17.0 Å². The van der Waals surface area contributed by atoms with E-state index in [0.29, 0.717) is 0 Å². The average Bonchev–Trinajstić information content (AvgIpc) is 2.00. The first-order valence-electron chi connectivity index (χ1n) is 4.75. The lowest BCUT2D eigenvalue weighted by Gasteiger charge is -2.60. The van der Waals surface area contributed by atoms with E-state index in [-0.39, 0.29) is 17.0 Å². The van der Waals surface area contributed by atoms with E-state index in [1.54, 1.807) is 0 Å². The zero-order chi connectivity index (χ0) is 8.89. The Labute approximate surface area is 95.4 Å². The minimum absolute atomic E-state index is 0. The first kappa shape index (κ1) is 10.4. The molecule has 0 aromatic carbocycles. The molecule has 4 saturated heterocycles. The lowest BCUT2D eigenvalue weighted by molar-refractivity contribution is -0.974. The molecule has 4 fully saturated rings. The Morgan fingerprint density at radius 2 is 1.43 bits per heavy atom. The normalized spacial score (nSPS) is 48.4. The molecular weight excluding hydrogens is 244 g/mol. The van der Waals surface area contributed by atoms with Crippen LogP contribution in [0.5, 0.6) is 0 Å². The lowest BCUT2D eigenvalue weighted by atomic mass is 10.3. The highest BCUT2D eigenvalue weighted by atomic mass is 79.9. The van der Waals surface area contributed by atoms with Gasteiger partial charge in [-0.1, -0.05) is 0 Å². The van der Waals surface area contributed by atoms with Gasteiger partial charge in [0.15, 0.2) is 0 Å². The van der Waals surface area contributed by atoms with Gasteiger partial charge in [-0.2, -0.15) is 0 Å².